The van der Waals surface area contributed by atoms with Crippen LogP contribution in [0.2, 0.25) is 0 Å². The summed E-state index contributed by atoms with van der Waals surface area (Å²) < 4.78 is 5.76. The van der Waals surface area contributed by atoms with Gasteiger partial charge in [-0.1, -0.05) is 13.8 Å². The van der Waals surface area contributed by atoms with Gasteiger partial charge in [0.05, 0.1) is 24.9 Å². The Balaban J connectivity index is 4.21. The minimum Gasteiger partial charge on any atom is -0.395 e. The van der Waals surface area contributed by atoms with Crippen molar-refractivity contribution in [3.8, 4) is 0 Å². The van der Waals surface area contributed by atoms with Crippen LogP contribution in [-0.2, 0) is 4.74 Å². The summed E-state index contributed by atoms with van der Waals surface area (Å²) in [5.41, 5.74) is -0.627. The SMILES string of the molecule is CC(C)CCOC(C)(C)C(O)CN(CCO)CCO. The molecule has 0 radical (unpaired) electrons. The fourth-order valence-corrected chi connectivity index (χ4v) is 1.70. The molecule has 0 heterocycles. The molecule has 0 aliphatic rings. The van der Waals surface area contributed by atoms with Crippen molar-refractivity contribution in [1.29, 1.82) is 0 Å². The molecule has 0 bridgehead atoms. The Morgan fingerprint density at radius 3 is 2.05 bits per heavy atom. The lowest BCUT2D eigenvalue weighted by molar-refractivity contribution is -0.112. The van der Waals surface area contributed by atoms with E-state index < -0.39 is 11.7 Å². The first-order chi connectivity index (χ1) is 8.83. The van der Waals surface area contributed by atoms with E-state index in [9.17, 15) is 5.11 Å². The van der Waals surface area contributed by atoms with Gasteiger partial charge in [0.2, 0.25) is 0 Å². The van der Waals surface area contributed by atoms with Crippen LogP contribution in [0.25, 0.3) is 0 Å². The normalized spacial score (nSPS) is 14.4. The maximum Gasteiger partial charge on any atom is 0.0950 e. The quantitative estimate of drug-likeness (QED) is 0.512. The topological polar surface area (TPSA) is 73.2 Å². The van der Waals surface area contributed by atoms with Gasteiger partial charge in [-0.2, -0.15) is 0 Å². The Kier molecular flexibility index (Phi) is 9.56. The van der Waals surface area contributed by atoms with E-state index in [2.05, 4.69) is 13.8 Å². The molecule has 1 atom stereocenters. The fourth-order valence-electron chi connectivity index (χ4n) is 1.70. The largest absolute Gasteiger partial charge is 0.395 e. The second-order valence-electron chi connectivity index (χ2n) is 5.90. The van der Waals surface area contributed by atoms with Gasteiger partial charge in [0, 0.05) is 26.2 Å². The van der Waals surface area contributed by atoms with Crippen LogP contribution in [0, 0.1) is 5.92 Å². The van der Waals surface area contributed by atoms with E-state index in [1.807, 2.05) is 18.7 Å². The summed E-state index contributed by atoms with van der Waals surface area (Å²) in [5, 5.41) is 28.1. The van der Waals surface area contributed by atoms with Crippen molar-refractivity contribution in [2.24, 2.45) is 5.92 Å². The van der Waals surface area contributed by atoms with Crippen molar-refractivity contribution in [2.75, 3.05) is 39.5 Å². The van der Waals surface area contributed by atoms with Crippen LogP contribution in [0.4, 0.5) is 0 Å². The zero-order chi connectivity index (χ0) is 14.9. The zero-order valence-corrected chi connectivity index (χ0v) is 12.8. The van der Waals surface area contributed by atoms with E-state index >= 15 is 0 Å². The monoisotopic (exact) mass is 277 g/mol. The Morgan fingerprint density at radius 1 is 1.11 bits per heavy atom. The number of hydrogen-bond donors (Lipinski definition) is 3. The van der Waals surface area contributed by atoms with Crippen LogP contribution >= 0.6 is 0 Å². The molecule has 0 rings (SSSR count). The molecule has 0 fully saturated rings. The summed E-state index contributed by atoms with van der Waals surface area (Å²) in [5.74, 6) is 0.577. The molecule has 0 saturated heterocycles. The van der Waals surface area contributed by atoms with Gasteiger partial charge in [-0.05, 0) is 26.2 Å². The summed E-state index contributed by atoms with van der Waals surface area (Å²) in [6.07, 6.45) is 0.311. The van der Waals surface area contributed by atoms with Gasteiger partial charge in [-0.15, -0.1) is 0 Å². The van der Waals surface area contributed by atoms with E-state index in [1.165, 1.54) is 0 Å². The molecule has 19 heavy (non-hydrogen) atoms. The third kappa shape index (κ3) is 8.55. The molecule has 0 aromatic heterocycles. The second kappa shape index (κ2) is 9.66. The molecule has 0 aliphatic carbocycles. The van der Waals surface area contributed by atoms with Crippen molar-refractivity contribution in [3.05, 3.63) is 0 Å². The number of nitrogens with zero attached hydrogens (tertiary/aromatic N) is 1. The van der Waals surface area contributed by atoms with Crippen LogP contribution in [0.5, 0.6) is 0 Å². The maximum atomic E-state index is 10.2. The van der Waals surface area contributed by atoms with Crippen molar-refractivity contribution in [3.63, 3.8) is 0 Å². The van der Waals surface area contributed by atoms with Gasteiger partial charge in [-0.25, -0.2) is 0 Å². The van der Waals surface area contributed by atoms with Gasteiger partial charge < -0.3 is 20.1 Å². The third-order valence-electron chi connectivity index (χ3n) is 3.24. The van der Waals surface area contributed by atoms with Gasteiger partial charge in [-0.3, -0.25) is 4.90 Å². The van der Waals surface area contributed by atoms with Crippen LogP contribution in [0.15, 0.2) is 0 Å². The standard InChI is InChI=1S/C14H31NO4/c1-12(2)5-10-19-14(3,4)13(18)11-15(6-8-16)7-9-17/h12-13,16-18H,5-11H2,1-4H3. The minimum atomic E-state index is -0.655. The molecule has 3 N–H and O–H groups in total. The number of rotatable bonds is 11. The lowest BCUT2D eigenvalue weighted by Gasteiger charge is -2.34. The summed E-state index contributed by atoms with van der Waals surface area (Å²) >= 11 is 0. The first-order valence-electron chi connectivity index (χ1n) is 7.09. The van der Waals surface area contributed by atoms with Gasteiger partial charge >= 0.3 is 0 Å². The molecule has 0 aliphatic heterocycles. The third-order valence-corrected chi connectivity index (χ3v) is 3.24. The highest BCUT2D eigenvalue weighted by molar-refractivity contribution is 4.82. The smallest absolute Gasteiger partial charge is 0.0950 e. The summed E-state index contributed by atoms with van der Waals surface area (Å²) in [7, 11) is 0. The van der Waals surface area contributed by atoms with Gasteiger partial charge in [0.15, 0.2) is 0 Å². The fraction of sp³-hybridized carbons (Fsp3) is 1.00. The second-order valence-corrected chi connectivity index (χ2v) is 5.90. The summed E-state index contributed by atoms with van der Waals surface area (Å²) in [6, 6.07) is 0. The van der Waals surface area contributed by atoms with Crippen molar-refractivity contribution < 1.29 is 20.1 Å². The first-order valence-corrected chi connectivity index (χ1v) is 7.09. The van der Waals surface area contributed by atoms with E-state index in [4.69, 9.17) is 14.9 Å². The number of aliphatic hydroxyl groups excluding tert-OH is 3. The van der Waals surface area contributed by atoms with Crippen LogP contribution in [-0.4, -0.2) is 71.4 Å². The van der Waals surface area contributed by atoms with Gasteiger partial charge in [0.1, 0.15) is 0 Å². The molecule has 1 unspecified atom stereocenters. The van der Waals surface area contributed by atoms with Gasteiger partial charge in [0.25, 0.3) is 0 Å². The maximum absolute atomic E-state index is 10.2. The van der Waals surface area contributed by atoms with E-state index in [1.54, 1.807) is 0 Å². The highest BCUT2D eigenvalue weighted by atomic mass is 16.5. The predicted octanol–water partition coefficient (Wildman–Crippen LogP) is 0.475. The highest BCUT2D eigenvalue weighted by Crippen LogP contribution is 2.17. The average molecular weight is 277 g/mol. The van der Waals surface area contributed by atoms with Crippen LogP contribution in [0.1, 0.15) is 34.1 Å². The number of hydrogen-bond acceptors (Lipinski definition) is 5. The molecule has 0 amide bonds. The molecular formula is C14H31NO4. The number of aliphatic hydroxyl groups is 3. The Morgan fingerprint density at radius 2 is 1.63 bits per heavy atom. The van der Waals surface area contributed by atoms with E-state index in [0.717, 1.165) is 6.42 Å². The van der Waals surface area contributed by atoms with E-state index in [0.29, 0.717) is 32.2 Å². The molecule has 0 aromatic carbocycles. The molecule has 0 saturated carbocycles. The number of ether oxygens (including phenoxy) is 1. The molecule has 0 aromatic rings. The van der Waals surface area contributed by atoms with Crippen LogP contribution in [0.3, 0.4) is 0 Å². The molecule has 116 valence electrons. The molecule has 5 nitrogen and oxygen atoms in total. The Hall–Kier alpha value is -0.200. The molecule has 0 spiro atoms. The average Bonchev–Trinajstić information content (AvgIpc) is 2.28. The molecule has 5 heteroatoms. The van der Waals surface area contributed by atoms with Crippen molar-refractivity contribution in [1.82, 2.24) is 4.90 Å². The van der Waals surface area contributed by atoms with Crippen molar-refractivity contribution in [2.45, 2.75) is 45.8 Å². The molecular weight excluding hydrogens is 246 g/mol. The lowest BCUT2D eigenvalue weighted by atomic mass is 10.0. The summed E-state index contributed by atoms with van der Waals surface area (Å²) in [6.45, 7) is 9.94. The lowest BCUT2D eigenvalue weighted by Crippen LogP contribution is -2.48. The zero-order valence-electron chi connectivity index (χ0n) is 12.8. The minimum absolute atomic E-state index is 0.0152. The Labute approximate surface area is 117 Å². The highest BCUT2D eigenvalue weighted by Gasteiger charge is 2.30. The van der Waals surface area contributed by atoms with Crippen molar-refractivity contribution >= 4 is 0 Å². The van der Waals surface area contributed by atoms with E-state index in [-0.39, 0.29) is 13.2 Å². The van der Waals surface area contributed by atoms with Crippen LogP contribution < -0.4 is 0 Å². The first kappa shape index (κ1) is 18.8. The predicted molar refractivity (Wildman–Crippen MR) is 76.1 cm³/mol. The summed E-state index contributed by atoms with van der Waals surface area (Å²) in [4.78, 5) is 1.83. The Bertz CT molecular complexity index is 215.